The Bertz CT molecular complexity index is 1040. The van der Waals surface area contributed by atoms with Gasteiger partial charge >= 0.3 is 5.97 Å². The number of ether oxygens (including phenoxy) is 1. The van der Waals surface area contributed by atoms with Crippen molar-refractivity contribution in [2.75, 3.05) is 13.7 Å². The van der Waals surface area contributed by atoms with Crippen molar-refractivity contribution in [2.24, 2.45) is 7.05 Å². The monoisotopic (exact) mass is 375 g/mol. The molecule has 3 aromatic rings. The Morgan fingerprint density at radius 3 is 2.50 bits per heavy atom. The van der Waals surface area contributed by atoms with Crippen molar-refractivity contribution < 1.29 is 14.3 Å². The van der Waals surface area contributed by atoms with E-state index >= 15 is 0 Å². The minimum Gasteiger partial charge on any atom is -0.465 e. The number of esters is 1. The number of aryl methyl sites for hydroxylation is 1. The maximum Gasteiger partial charge on any atom is 0.338 e. The summed E-state index contributed by atoms with van der Waals surface area (Å²) >= 11 is 0. The predicted octanol–water partition coefficient (Wildman–Crippen LogP) is 2.99. The van der Waals surface area contributed by atoms with Crippen LogP contribution in [0.4, 0.5) is 0 Å². The van der Waals surface area contributed by atoms with Gasteiger partial charge in [0.25, 0.3) is 5.91 Å². The maximum atomic E-state index is 13.3. The van der Waals surface area contributed by atoms with E-state index in [0.29, 0.717) is 18.7 Å². The molecular weight excluding hydrogens is 354 g/mol. The number of rotatable bonds is 3. The van der Waals surface area contributed by atoms with Crippen LogP contribution in [0, 0.1) is 0 Å². The van der Waals surface area contributed by atoms with Crippen LogP contribution in [0.1, 0.15) is 43.3 Å². The van der Waals surface area contributed by atoms with E-state index in [2.05, 4.69) is 11.2 Å². The van der Waals surface area contributed by atoms with Gasteiger partial charge in [-0.15, -0.1) is 0 Å². The Balaban J connectivity index is 1.72. The lowest BCUT2D eigenvalue weighted by molar-refractivity contribution is 0.0587. The lowest BCUT2D eigenvalue weighted by Gasteiger charge is -2.34. The first-order valence-electron chi connectivity index (χ1n) is 9.11. The molecule has 2 heterocycles. The van der Waals surface area contributed by atoms with Crippen LogP contribution in [0.3, 0.4) is 0 Å². The minimum atomic E-state index is -0.509. The summed E-state index contributed by atoms with van der Waals surface area (Å²) in [5.41, 5.74) is 4.02. The van der Waals surface area contributed by atoms with Gasteiger partial charge in [0.05, 0.1) is 24.4 Å². The second-order valence-corrected chi connectivity index (χ2v) is 6.92. The predicted molar refractivity (Wildman–Crippen MR) is 104 cm³/mol. The van der Waals surface area contributed by atoms with Gasteiger partial charge in [0, 0.05) is 32.3 Å². The fraction of sp³-hybridized carbons (Fsp3) is 0.227. The normalized spacial score (nSPS) is 15.8. The Morgan fingerprint density at radius 2 is 1.79 bits per heavy atom. The van der Waals surface area contributed by atoms with Crippen molar-refractivity contribution in [3.8, 4) is 0 Å². The van der Waals surface area contributed by atoms with Crippen LogP contribution in [-0.2, 0) is 18.3 Å². The molecule has 0 N–H and O–H groups in total. The van der Waals surface area contributed by atoms with Gasteiger partial charge in [0.1, 0.15) is 0 Å². The highest BCUT2D eigenvalue weighted by atomic mass is 16.5. The van der Waals surface area contributed by atoms with Crippen molar-refractivity contribution >= 4 is 11.9 Å². The number of nitrogens with zero attached hydrogens (tertiary/aromatic N) is 3. The quantitative estimate of drug-likeness (QED) is 0.660. The number of amides is 1. The molecule has 0 saturated carbocycles. The summed E-state index contributed by atoms with van der Waals surface area (Å²) in [6.45, 7) is 1.03. The Kier molecular flexibility index (Phi) is 4.69. The van der Waals surface area contributed by atoms with E-state index in [-0.39, 0.29) is 17.4 Å². The van der Waals surface area contributed by atoms with E-state index in [4.69, 9.17) is 4.74 Å². The van der Waals surface area contributed by atoms with Crippen LogP contribution >= 0.6 is 0 Å². The molecule has 0 saturated heterocycles. The van der Waals surface area contributed by atoms with Crippen molar-refractivity contribution in [3.05, 3.63) is 88.7 Å². The number of hydrogen-bond donors (Lipinski definition) is 0. The molecular formula is C22H21N3O3. The van der Waals surface area contributed by atoms with Gasteiger partial charge in [0.2, 0.25) is 0 Å². The Labute approximate surface area is 163 Å². The van der Waals surface area contributed by atoms with E-state index in [1.165, 1.54) is 12.7 Å². The second-order valence-electron chi connectivity index (χ2n) is 6.92. The number of fused-ring (bicyclic) bond motifs is 1. The molecule has 142 valence electrons. The number of carbonyl (C=O) groups is 2. The summed E-state index contributed by atoms with van der Waals surface area (Å²) in [6.07, 6.45) is 3.83. The second kappa shape index (κ2) is 7.31. The van der Waals surface area contributed by atoms with Crippen LogP contribution in [0.5, 0.6) is 0 Å². The topological polar surface area (TPSA) is 64.4 Å². The van der Waals surface area contributed by atoms with Crippen LogP contribution < -0.4 is 0 Å². The average Bonchev–Trinajstić information content (AvgIpc) is 3.18. The van der Waals surface area contributed by atoms with Gasteiger partial charge in [0.15, 0.2) is 0 Å². The van der Waals surface area contributed by atoms with E-state index in [0.717, 1.165) is 11.1 Å². The summed E-state index contributed by atoms with van der Waals surface area (Å²) < 4.78 is 6.61. The SMILES string of the molecule is COC(=O)c1ccccc1C(=O)N1Cc2ccccc2C(c2cnn(C)c2)C1. The summed E-state index contributed by atoms with van der Waals surface area (Å²) in [4.78, 5) is 27.2. The zero-order valence-electron chi connectivity index (χ0n) is 15.8. The minimum absolute atomic E-state index is 0.0351. The van der Waals surface area contributed by atoms with Crippen molar-refractivity contribution in [3.63, 3.8) is 0 Å². The molecule has 1 aliphatic heterocycles. The number of aromatic nitrogens is 2. The molecule has 1 amide bonds. The molecule has 0 spiro atoms. The molecule has 6 heteroatoms. The number of benzene rings is 2. The molecule has 28 heavy (non-hydrogen) atoms. The largest absolute Gasteiger partial charge is 0.465 e. The van der Waals surface area contributed by atoms with Gasteiger partial charge in [-0.3, -0.25) is 9.48 Å². The van der Waals surface area contributed by atoms with Gasteiger partial charge in [-0.1, -0.05) is 36.4 Å². The third-order valence-electron chi connectivity index (χ3n) is 5.17. The lowest BCUT2D eigenvalue weighted by atomic mass is 9.85. The molecule has 0 aliphatic carbocycles. The Hall–Kier alpha value is -3.41. The summed E-state index contributed by atoms with van der Waals surface area (Å²) in [5, 5.41) is 4.29. The highest BCUT2D eigenvalue weighted by Gasteiger charge is 2.31. The smallest absolute Gasteiger partial charge is 0.338 e. The third kappa shape index (κ3) is 3.17. The van der Waals surface area contributed by atoms with Crippen LogP contribution in [-0.4, -0.2) is 40.2 Å². The molecule has 4 rings (SSSR count). The first-order valence-corrected chi connectivity index (χ1v) is 9.11. The molecule has 2 aromatic carbocycles. The van der Waals surface area contributed by atoms with Gasteiger partial charge in [-0.2, -0.15) is 5.10 Å². The fourth-order valence-electron chi connectivity index (χ4n) is 3.79. The van der Waals surface area contributed by atoms with E-state index in [1.54, 1.807) is 33.8 Å². The summed E-state index contributed by atoms with van der Waals surface area (Å²) in [5.74, 6) is -0.651. The number of carbonyl (C=O) groups excluding carboxylic acids is 2. The zero-order valence-corrected chi connectivity index (χ0v) is 15.8. The molecule has 1 aromatic heterocycles. The van der Waals surface area contributed by atoms with Crippen molar-refractivity contribution in [2.45, 2.75) is 12.5 Å². The molecule has 1 atom stereocenters. The van der Waals surface area contributed by atoms with Gasteiger partial charge < -0.3 is 9.64 Å². The number of methoxy groups -OCH3 is 1. The molecule has 0 fully saturated rings. The first-order chi connectivity index (χ1) is 13.6. The van der Waals surface area contributed by atoms with Gasteiger partial charge in [-0.25, -0.2) is 4.79 Å². The molecule has 1 aliphatic rings. The van der Waals surface area contributed by atoms with Crippen molar-refractivity contribution in [1.82, 2.24) is 14.7 Å². The third-order valence-corrected chi connectivity index (χ3v) is 5.17. The first kappa shape index (κ1) is 18.0. The number of hydrogen-bond acceptors (Lipinski definition) is 4. The summed E-state index contributed by atoms with van der Waals surface area (Å²) in [6, 6.07) is 14.9. The van der Waals surface area contributed by atoms with E-state index in [1.807, 2.05) is 37.6 Å². The van der Waals surface area contributed by atoms with E-state index in [9.17, 15) is 9.59 Å². The molecule has 1 unspecified atom stereocenters. The fourth-order valence-corrected chi connectivity index (χ4v) is 3.79. The molecule has 0 radical (unpaired) electrons. The van der Waals surface area contributed by atoms with Crippen LogP contribution in [0.25, 0.3) is 0 Å². The van der Waals surface area contributed by atoms with Crippen LogP contribution in [0.15, 0.2) is 60.9 Å². The van der Waals surface area contributed by atoms with Crippen molar-refractivity contribution in [1.29, 1.82) is 0 Å². The summed E-state index contributed by atoms with van der Waals surface area (Å²) in [7, 11) is 3.20. The standard InChI is InChI=1S/C22H21N3O3/c1-24-12-16(11-23-24)20-14-25(13-15-7-3-4-8-17(15)20)21(26)18-9-5-6-10-19(18)22(27)28-2/h3-12,20H,13-14H2,1-2H3. The van der Waals surface area contributed by atoms with Crippen LogP contribution in [0.2, 0.25) is 0 Å². The lowest BCUT2D eigenvalue weighted by Crippen LogP contribution is -2.39. The zero-order chi connectivity index (χ0) is 19.7. The maximum absolute atomic E-state index is 13.3. The molecule has 0 bridgehead atoms. The highest BCUT2D eigenvalue weighted by Crippen LogP contribution is 2.34. The van der Waals surface area contributed by atoms with E-state index < -0.39 is 5.97 Å². The molecule has 6 nitrogen and oxygen atoms in total. The van der Waals surface area contributed by atoms with Gasteiger partial charge in [-0.05, 0) is 28.8 Å². The average molecular weight is 375 g/mol. The highest BCUT2D eigenvalue weighted by molar-refractivity contribution is 6.05. The Morgan fingerprint density at radius 1 is 1.07 bits per heavy atom.